The number of benzene rings is 1. The first-order valence-electron chi connectivity index (χ1n) is 22.6. The Labute approximate surface area is 413 Å². The third-order valence-corrected chi connectivity index (χ3v) is 10.5. The van der Waals surface area contributed by atoms with Crippen LogP contribution in [0, 0.1) is 11.8 Å². The molecule has 1 aromatic carbocycles. The van der Waals surface area contributed by atoms with E-state index in [0.29, 0.717) is 5.56 Å². The van der Waals surface area contributed by atoms with E-state index in [2.05, 4.69) is 37.2 Å². The van der Waals surface area contributed by atoms with Gasteiger partial charge < -0.3 is 99.5 Å². The number of carbonyl (C=O) groups is 10. The Morgan fingerprint density at radius 1 is 0.444 bits per heavy atom. The van der Waals surface area contributed by atoms with E-state index in [1.54, 1.807) is 27.7 Å². The Balaban J connectivity index is 3.21. The van der Waals surface area contributed by atoms with Gasteiger partial charge in [-0.25, -0.2) is 4.79 Å². The van der Waals surface area contributed by atoms with Gasteiger partial charge in [-0.1, -0.05) is 39.8 Å². The molecule has 0 unspecified atom stereocenters. The number of nitrogens with two attached hydrogens (primary N) is 1. The van der Waals surface area contributed by atoms with Crippen molar-refractivity contribution in [3.63, 3.8) is 0 Å². The lowest BCUT2D eigenvalue weighted by molar-refractivity contribution is -0.143. The summed E-state index contributed by atoms with van der Waals surface area (Å²) in [5, 5.41) is 109. The molecule has 1 rings (SSSR count). The zero-order chi connectivity index (χ0) is 55.2. The van der Waals surface area contributed by atoms with E-state index in [4.69, 9.17) is 10.8 Å². The number of aliphatic hydroxyl groups is 7. The van der Waals surface area contributed by atoms with E-state index in [9.17, 15) is 88.8 Å². The molecule has 0 aliphatic rings. The van der Waals surface area contributed by atoms with E-state index in [1.807, 2.05) is 10.6 Å². The van der Waals surface area contributed by atoms with E-state index in [-0.39, 0.29) is 24.5 Å². The lowest BCUT2D eigenvalue weighted by atomic mass is 10.00. The molecule has 72 heavy (non-hydrogen) atoms. The predicted molar refractivity (Wildman–Crippen MR) is 248 cm³/mol. The summed E-state index contributed by atoms with van der Waals surface area (Å²) in [6.07, 6.45) is -3.78. The number of aliphatic hydroxyl groups excluding tert-OH is 7. The van der Waals surface area contributed by atoms with Crippen molar-refractivity contribution in [2.75, 3.05) is 33.0 Å². The van der Waals surface area contributed by atoms with Crippen LogP contribution in [0.2, 0.25) is 0 Å². The first kappa shape index (κ1) is 63.4. The number of amides is 9. The molecule has 29 heteroatoms. The van der Waals surface area contributed by atoms with Crippen molar-refractivity contribution in [1.29, 1.82) is 0 Å². The highest BCUT2D eigenvalue weighted by atomic mass is 16.4. The zero-order valence-electron chi connectivity index (χ0n) is 40.5. The van der Waals surface area contributed by atoms with Crippen molar-refractivity contribution in [3.8, 4) is 5.75 Å². The normalized spacial score (nSPS) is 16.3. The summed E-state index contributed by atoms with van der Waals surface area (Å²) in [4.78, 5) is 130. The minimum atomic E-state index is -1.98. The fourth-order valence-electron chi connectivity index (χ4n) is 6.34. The Morgan fingerprint density at radius 3 is 1.11 bits per heavy atom. The van der Waals surface area contributed by atoms with Gasteiger partial charge >= 0.3 is 5.97 Å². The second-order valence-corrected chi connectivity index (χ2v) is 17.4. The molecule has 0 saturated carbocycles. The van der Waals surface area contributed by atoms with Crippen LogP contribution >= 0.6 is 0 Å². The molecule has 29 nitrogen and oxygen atoms in total. The number of rotatable bonds is 31. The molecule has 406 valence electrons. The molecule has 1 aromatic rings. The van der Waals surface area contributed by atoms with Crippen LogP contribution in [0.3, 0.4) is 0 Å². The third kappa shape index (κ3) is 20.6. The SMILES string of the molecule is CC(C)C[C@H](NC(=O)[C@@H](NC(=O)[C@H](CO)NC(=O)[C@H](CO)NC(=O)[C@H](CO)NC(=O)[C@@H](NC(=O)[C@H](Cc1ccc(O)cc1)NC(=O)[C@H](CO)NC(=O)[C@@H](N)CO)[C@@H](C)O)[C@@H](C)O)C(=O)N[C@H](C(=O)O)C(C)C. The molecule has 0 fully saturated rings. The van der Waals surface area contributed by atoms with Gasteiger partial charge in [0.1, 0.15) is 66.2 Å². The van der Waals surface area contributed by atoms with Crippen LogP contribution in [0.5, 0.6) is 5.75 Å². The zero-order valence-corrected chi connectivity index (χ0v) is 40.5. The minimum absolute atomic E-state index is 0.00321. The molecule has 0 spiro atoms. The van der Waals surface area contributed by atoms with Crippen LogP contribution in [-0.4, -0.2) is 211 Å². The molecule has 12 atom stereocenters. The number of aliphatic carboxylic acids is 1. The Bertz CT molecular complexity index is 2010. The average Bonchev–Trinajstić information content (AvgIpc) is 3.31. The van der Waals surface area contributed by atoms with E-state index < -0.39 is 171 Å². The standard InChI is InChI=1S/C43H70N10O19/c1-18(2)11-25(35(63)51-31(19(3)4)43(71)72)46-41(69)32(20(5)59)53-40(68)30(17-58)49-38(66)28(15-56)48-39(67)29(16-57)50-42(70)33(21(6)60)52-36(64)26(12-22-7-9-23(61)10-8-22)45-37(65)27(14-55)47-34(62)24(44)13-54/h7-10,18-21,24-33,54-61H,11-17,44H2,1-6H3,(H,45,65)(H,46,69)(H,47,62)(H,48,67)(H,49,66)(H,50,70)(H,51,63)(H,52,64)(H,53,68)(H,71,72)/t20-,21-,24+,25+,26+,27+,28+,29+,30+,31+,32+,33+/m1/s1. The summed E-state index contributed by atoms with van der Waals surface area (Å²) >= 11 is 0. The summed E-state index contributed by atoms with van der Waals surface area (Å²) in [5.74, 6) is -12.9. The van der Waals surface area contributed by atoms with Gasteiger partial charge in [-0.15, -0.1) is 0 Å². The maximum Gasteiger partial charge on any atom is 0.326 e. The summed E-state index contributed by atoms with van der Waals surface area (Å²) in [5.41, 5.74) is 5.78. The van der Waals surface area contributed by atoms with Crippen LogP contribution in [-0.2, 0) is 54.4 Å². The van der Waals surface area contributed by atoms with Crippen LogP contribution in [0.25, 0.3) is 0 Å². The fraction of sp³-hybridized carbons (Fsp3) is 0.628. The average molecular weight is 1030 g/mol. The van der Waals surface area contributed by atoms with E-state index >= 15 is 0 Å². The molecule has 0 aromatic heterocycles. The molecule has 0 radical (unpaired) electrons. The van der Waals surface area contributed by atoms with Crippen LogP contribution in [0.4, 0.5) is 0 Å². The van der Waals surface area contributed by atoms with Crippen molar-refractivity contribution in [1.82, 2.24) is 47.9 Å². The first-order valence-corrected chi connectivity index (χ1v) is 22.6. The second kappa shape index (κ2) is 31.0. The van der Waals surface area contributed by atoms with Crippen molar-refractivity contribution < 1.29 is 93.9 Å². The number of carboxylic acids is 1. The molecular weight excluding hydrogens is 961 g/mol. The minimum Gasteiger partial charge on any atom is -0.508 e. The Morgan fingerprint density at radius 2 is 0.764 bits per heavy atom. The van der Waals surface area contributed by atoms with Crippen LogP contribution in [0.1, 0.15) is 53.5 Å². The molecule has 9 amide bonds. The maximum absolute atomic E-state index is 13.7. The predicted octanol–water partition coefficient (Wildman–Crippen LogP) is -8.87. The maximum atomic E-state index is 13.7. The molecule has 0 heterocycles. The Kier molecular flexibility index (Phi) is 27.3. The van der Waals surface area contributed by atoms with Gasteiger partial charge in [0, 0.05) is 6.42 Å². The second-order valence-electron chi connectivity index (χ2n) is 17.4. The van der Waals surface area contributed by atoms with E-state index in [1.165, 1.54) is 24.3 Å². The highest BCUT2D eigenvalue weighted by molar-refractivity contribution is 5.99. The number of hydrogen-bond acceptors (Lipinski definition) is 19. The molecule has 0 aliphatic carbocycles. The number of phenols is 1. The largest absolute Gasteiger partial charge is 0.508 e. The quantitative estimate of drug-likeness (QED) is 0.0328. The number of nitrogens with one attached hydrogen (secondary N) is 9. The summed E-state index contributed by atoms with van der Waals surface area (Å²) in [6.45, 7) is 3.25. The highest BCUT2D eigenvalue weighted by Gasteiger charge is 2.37. The molecule has 0 bridgehead atoms. The van der Waals surface area contributed by atoms with Crippen LogP contribution < -0.4 is 53.6 Å². The third-order valence-electron chi connectivity index (χ3n) is 10.5. The molecule has 0 saturated heterocycles. The van der Waals surface area contributed by atoms with Crippen molar-refractivity contribution in [2.24, 2.45) is 17.6 Å². The first-order chi connectivity index (χ1) is 33.6. The van der Waals surface area contributed by atoms with Gasteiger partial charge in [-0.05, 0) is 49.8 Å². The lowest BCUT2D eigenvalue weighted by Crippen LogP contribution is -2.63. The van der Waals surface area contributed by atoms with Gasteiger partial charge in [0.2, 0.25) is 53.2 Å². The molecule has 20 N–H and O–H groups in total. The Hall–Kier alpha value is -6.60. The number of phenolic OH excluding ortho intramolecular Hbond substituents is 1. The highest BCUT2D eigenvalue weighted by Crippen LogP contribution is 2.13. The topological polar surface area (TPSA) is 487 Å². The number of hydrogen-bond donors (Lipinski definition) is 19. The smallest absolute Gasteiger partial charge is 0.326 e. The lowest BCUT2D eigenvalue weighted by Gasteiger charge is -2.28. The fourth-order valence-corrected chi connectivity index (χ4v) is 6.34. The number of carbonyl (C=O) groups excluding carboxylic acids is 9. The van der Waals surface area contributed by atoms with Gasteiger partial charge in [-0.2, -0.15) is 0 Å². The summed E-state index contributed by atoms with van der Waals surface area (Å²) < 4.78 is 0. The van der Waals surface area contributed by atoms with Gasteiger partial charge in [0.15, 0.2) is 0 Å². The van der Waals surface area contributed by atoms with Gasteiger partial charge in [-0.3, -0.25) is 43.2 Å². The monoisotopic (exact) mass is 1030 g/mol. The van der Waals surface area contributed by atoms with Gasteiger partial charge in [0.25, 0.3) is 0 Å². The summed E-state index contributed by atoms with van der Waals surface area (Å²) in [6, 6.07) is -11.9. The van der Waals surface area contributed by atoms with Crippen molar-refractivity contribution >= 4 is 59.1 Å². The van der Waals surface area contributed by atoms with Crippen molar-refractivity contribution in [2.45, 2.75) is 127 Å². The van der Waals surface area contributed by atoms with Gasteiger partial charge in [0.05, 0.1) is 45.2 Å². The summed E-state index contributed by atoms with van der Waals surface area (Å²) in [7, 11) is 0. The number of carboxylic acid groups (broad SMARTS) is 1. The van der Waals surface area contributed by atoms with Crippen molar-refractivity contribution in [3.05, 3.63) is 29.8 Å². The number of aromatic hydroxyl groups is 1. The molecule has 0 aliphatic heterocycles. The van der Waals surface area contributed by atoms with E-state index in [0.717, 1.165) is 13.8 Å². The molecular formula is C43H70N10O19. The van der Waals surface area contributed by atoms with Crippen LogP contribution in [0.15, 0.2) is 24.3 Å².